The molecule has 5 rings (SSSR count). The molecule has 0 aromatic carbocycles. The normalized spacial score (nSPS) is 18.4. The third-order valence-electron chi connectivity index (χ3n) is 5.81. The van der Waals surface area contributed by atoms with Gasteiger partial charge in [0, 0.05) is 42.4 Å². The van der Waals surface area contributed by atoms with Crippen LogP contribution < -0.4 is 10.6 Å². The van der Waals surface area contributed by atoms with Crippen molar-refractivity contribution in [2.24, 2.45) is 0 Å². The predicted molar refractivity (Wildman–Crippen MR) is 118 cm³/mol. The van der Waals surface area contributed by atoms with Crippen LogP contribution in [-0.2, 0) is 0 Å². The lowest BCUT2D eigenvalue weighted by molar-refractivity contribution is 0.0920. The van der Waals surface area contributed by atoms with E-state index < -0.39 is 5.82 Å². The van der Waals surface area contributed by atoms with Crippen molar-refractivity contribution in [1.29, 1.82) is 0 Å². The summed E-state index contributed by atoms with van der Waals surface area (Å²) >= 11 is 0. The van der Waals surface area contributed by atoms with Gasteiger partial charge in [-0.3, -0.25) is 4.79 Å². The highest BCUT2D eigenvalue weighted by Gasteiger charge is 2.26. The van der Waals surface area contributed by atoms with Gasteiger partial charge in [-0.05, 0) is 32.6 Å². The smallest absolute Gasteiger partial charge is 0.273 e. The molecule has 33 heavy (non-hydrogen) atoms. The number of hydrogen-bond donors (Lipinski definition) is 3. The van der Waals surface area contributed by atoms with Crippen molar-refractivity contribution in [3.63, 3.8) is 0 Å². The van der Waals surface area contributed by atoms with Gasteiger partial charge in [-0.25, -0.2) is 29.3 Å². The third-order valence-corrected chi connectivity index (χ3v) is 5.81. The lowest BCUT2D eigenvalue weighted by Gasteiger charge is -2.30. The van der Waals surface area contributed by atoms with Gasteiger partial charge in [-0.1, -0.05) is 0 Å². The van der Waals surface area contributed by atoms with Gasteiger partial charge < -0.3 is 20.0 Å². The van der Waals surface area contributed by atoms with Gasteiger partial charge in [0.2, 0.25) is 0 Å². The summed E-state index contributed by atoms with van der Waals surface area (Å²) in [6.07, 6.45) is 9.22. The van der Waals surface area contributed by atoms with Crippen molar-refractivity contribution in [2.45, 2.75) is 51.6 Å². The average molecular weight is 450 g/mol. The van der Waals surface area contributed by atoms with Gasteiger partial charge in [0.05, 0.1) is 6.20 Å². The van der Waals surface area contributed by atoms with E-state index in [0.29, 0.717) is 40.8 Å². The molecule has 0 unspecified atom stereocenters. The number of oxazole rings is 1. The summed E-state index contributed by atoms with van der Waals surface area (Å²) in [5, 5.41) is 6.99. The molecule has 4 heterocycles. The van der Waals surface area contributed by atoms with E-state index in [1.54, 1.807) is 26.2 Å². The number of aryl methyl sites for hydroxylation is 2. The van der Waals surface area contributed by atoms with E-state index in [0.717, 1.165) is 30.8 Å². The topological polar surface area (TPSA) is 135 Å². The SMILES string of the molecule is Cc1nc(C(=O)N[C@H]2CCC[C@@H](Nc3nc(-c4c[nH]c5ncncc45)ncc3F)C2)c(C)o1. The predicted octanol–water partition coefficient (Wildman–Crippen LogP) is 3.31. The molecule has 11 heteroatoms. The molecule has 0 bridgehead atoms. The van der Waals surface area contributed by atoms with E-state index in [-0.39, 0.29) is 23.8 Å². The fourth-order valence-corrected chi connectivity index (χ4v) is 4.28. The van der Waals surface area contributed by atoms with Crippen LogP contribution >= 0.6 is 0 Å². The van der Waals surface area contributed by atoms with Gasteiger partial charge in [0.25, 0.3) is 5.91 Å². The number of nitrogens with zero attached hydrogens (tertiary/aromatic N) is 5. The zero-order chi connectivity index (χ0) is 22.9. The number of anilines is 1. The Kier molecular flexibility index (Phi) is 5.45. The number of nitrogens with one attached hydrogen (secondary N) is 3. The van der Waals surface area contributed by atoms with Crippen LogP contribution in [0.2, 0.25) is 0 Å². The van der Waals surface area contributed by atoms with E-state index in [1.165, 1.54) is 6.33 Å². The van der Waals surface area contributed by atoms with E-state index >= 15 is 0 Å². The van der Waals surface area contributed by atoms with Crippen molar-refractivity contribution in [1.82, 2.24) is 35.2 Å². The molecule has 0 aliphatic heterocycles. The lowest BCUT2D eigenvalue weighted by atomic mass is 9.91. The average Bonchev–Trinajstić information content (AvgIpc) is 3.38. The largest absolute Gasteiger partial charge is 0.445 e. The van der Waals surface area contributed by atoms with Crippen molar-refractivity contribution in [2.75, 3.05) is 5.32 Å². The number of rotatable bonds is 5. The number of halogens is 1. The molecule has 1 amide bonds. The Bertz CT molecular complexity index is 1320. The summed E-state index contributed by atoms with van der Waals surface area (Å²) < 4.78 is 19.9. The third kappa shape index (κ3) is 4.26. The van der Waals surface area contributed by atoms with Crippen LogP contribution in [0.1, 0.15) is 47.8 Å². The number of carbonyl (C=O) groups excluding carboxylic acids is 1. The van der Waals surface area contributed by atoms with Gasteiger partial charge in [0.1, 0.15) is 17.7 Å². The standard InChI is InChI=1S/C22H23FN8O2/c1-11-18(28-12(2)33-11)22(32)30-14-5-3-4-13(6-14)29-21-17(23)9-26-20(31-21)16-8-25-19-15(16)7-24-10-27-19/h7-10,13-14H,3-6H2,1-2H3,(H,30,32)(H,24,25,27)(H,26,29,31)/t13-,14+/m1/s1. The van der Waals surface area contributed by atoms with Gasteiger partial charge in [-0.2, -0.15) is 0 Å². The van der Waals surface area contributed by atoms with Gasteiger partial charge in [-0.15, -0.1) is 0 Å². The molecule has 0 radical (unpaired) electrons. The maximum atomic E-state index is 14.5. The summed E-state index contributed by atoms with van der Waals surface area (Å²) in [4.78, 5) is 36.6. The number of hydrogen-bond acceptors (Lipinski definition) is 8. The fraction of sp³-hybridized carbons (Fsp3) is 0.364. The molecule has 4 aromatic rings. The van der Waals surface area contributed by atoms with Crippen LogP contribution in [0.15, 0.2) is 29.3 Å². The molecular formula is C22H23FN8O2. The zero-order valence-corrected chi connectivity index (χ0v) is 18.2. The molecule has 0 spiro atoms. The summed E-state index contributed by atoms with van der Waals surface area (Å²) in [6, 6.07) is -0.108. The van der Waals surface area contributed by atoms with Crippen molar-refractivity contribution in [3.8, 4) is 11.4 Å². The second kappa shape index (κ2) is 8.57. The maximum absolute atomic E-state index is 14.5. The number of amides is 1. The van der Waals surface area contributed by atoms with Crippen LogP contribution in [0.5, 0.6) is 0 Å². The molecule has 2 atom stereocenters. The molecule has 10 nitrogen and oxygen atoms in total. The second-order valence-corrected chi connectivity index (χ2v) is 8.19. The molecule has 3 N–H and O–H groups in total. The molecule has 4 aromatic heterocycles. The summed E-state index contributed by atoms with van der Waals surface area (Å²) in [5.74, 6) is 0.664. The van der Waals surface area contributed by atoms with Crippen LogP contribution in [0.4, 0.5) is 10.2 Å². The highest BCUT2D eigenvalue weighted by molar-refractivity contribution is 5.93. The van der Waals surface area contributed by atoms with Gasteiger partial charge in [0.15, 0.2) is 29.0 Å². The number of aromatic amines is 1. The molecule has 1 aliphatic carbocycles. The summed E-state index contributed by atoms with van der Waals surface area (Å²) in [7, 11) is 0. The summed E-state index contributed by atoms with van der Waals surface area (Å²) in [5.41, 5.74) is 1.66. The minimum atomic E-state index is -0.533. The zero-order valence-electron chi connectivity index (χ0n) is 18.2. The minimum Gasteiger partial charge on any atom is -0.445 e. The Hall–Kier alpha value is -3.89. The minimum absolute atomic E-state index is 0.0484. The fourth-order valence-electron chi connectivity index (χ4n) is 4.28. The summed E-state index contributed by atoms with van der Waals surface area (Å²) in [6.45, 7) is 3.42. The van der Waals surface area contributed by atoms with E-state index in [1.807, 2.05) is 0 Å². The Morgan fingerprint density at radius 3 is 2.85 bits per heavy atom. The second-order valence-electron chi connectivity index (χ2n) is 8.19. The molecule has 1 fully saturated rings. The molecule has 1 saturated carbocycles. The highest BCUT2D eigenvalue weighted by Crippen LogP contribution is 2.27. The number of H-pyrrole nitrogens is 1. The molecule has 170 valence electrons. The monoisotopic (exact) mass is 450 g/mol. The first-order valence-electron chi connectivity index (χ1n) is 10.8. The van der Waals surface area contributed by atoms with E-state index in [4.69, 9.17) is 4.42 Å². The number of carbonyl (C=O) groups is 1. The Labute approximate surface area is 188 Å². The first-order chi connectivity index (χ1) is 16.0. The van der Waals surface area contributed by atoms with Crippen LogP contribution in [0, 0.1) is 19.7 Å². The van der Waals surface area contributed by atoms with E-state index in [9.17, 15) is 9.18 Å². The van der Waals surface area contributed by atoms with Crippen LogP contribution in [-0.4, -0.2) is 47.9 Å². The molecule has 1 aliphatic rings. The first-order valence-corrected chi connectivity index (χ1v) is 10.8. The molecular weight excluding hydrogens is 427 g/mol. The molecule has 0 saturated heterocycles. The van der Waals surface area contributed by atoms with E-state index in [2.05, 4.69) is 40.5 Å². The van der Waals surface area contributed by atoms with Gasteiger partial charge >= 0.3 is 0 Å². The highest BCUT2D eigenvalue weighted by atomic mass is 19.1. The Balaban J connectivity index is 1.30. The lowest BCUT2D eigenvalue weighted by Crippen LogP contribution is -2.42. The van der Waals surface area contributed by atoms with Crippen LogP contribution in [0.25, 0.3) is 22.4 Å². The van der Waals surface area contributed by atoms with Crippen molar-refractivity contribution in [3.05, 3.63) is 48.1 Å². The van der Waals surface area contributed by atoms with Crippen molar-refractivity contribution >= 4 is 22.8 Å². The Morgan fingerprint density at radius 2 is 2.03 bits per heavy atom. The maximum Gasteiger partial charge on any atom is 0.273 e. The van der Waals surface area contributed by atoms with Crippen LogP contribution in [0.3, 0.4) is 0 Å². The number of aromatic nitrogens is 6. The quantitative estimate of drug-likeness (QED) is 0.422. The van der Waals surface area contributed by atoms with Crippen molar-refractivity contribution < 1.29 is 13.6 Å². The first kappa shape index (κ1) is 21.0. The Morgan fingerprint density at radius 1 is 1.18 bits per heavy atom. The number of fused-ring (bicyclic) bond motifs is 1.